The van der Waals surface area contributed by atoms with Crippen LogP contribution in [0.4, 0.5) is 5.69 Å². The Balaban J connectivity index is 1.67. The molecular formula is C33H47N5O11. The summed E-state index contributed by atoms with van der Waals surface area (Å²) in [7, 11) is 0. The minimum absolute atomic E-state index is 0.00207. The number of hydrogen-bond acceptors (Lipinski definition) is 11. The fourth-order valence-electron chi connectivity index (χ4n) is 4.82. The van der Waals surface area contributed by atoms with E-state index >= 15 is 0 Å². The topological polar surface area (TPSA) is 216 Å². The van der Waals surface area contributed by atoms with Crippen molar-refractivity contribution in [3.63, 3.8) is 0 Å². The van der Waals surface area contributed by atoms with Gasteiger partial charge in [0.05, 0.1) is 32.4 Å². The maximum atomic E-state index is 12.8. The standard InChI is InChI=1S/C33H47N5O11/c1-21(2)32(45)26(9-10-28(41)35-18-27(49-23(4)40)24-5-7-25(8-6-24)36-20-39)37-30(43)19-48-16-15-47-14-12-34-29(42)11-13-38-31(44)17-22(3)33(38)46/h5-8,20-22,26-27H,9-19H2,1-4H3,(H,34,42)(H,35,41)(H,36,39)(H,37,43). The van der Waals surface area contributed by atoms with E-state index in [0.717, 1.165) is 4.90 Å². The number of imide groups is 1. The summed E-state index contributed by atoms with van der Waals surface area (Å²) < 4.78 is 16.0. The molecule has 3 atom stereocenters. The number of esters is 1. The maximum absolute atomic E-state index is 12.8. The summed E-state index contributed by atoms with van der Waals surface area (Å²) in [5, 5.41) is 10.5. The van der Waals surface area contributed by atoms with Crippen molar-refractivity contribution in [3.05, 3.63) is 29.8 Å². The fraction of sp³-hybridized carbons (Fsp3) is 0.576. The molecular weight excluding hydrogens is 642 g/mol. The van der Waals surface area contributed by atoms with Crippen molar-refractivity contribution in [1.82, 2.24) is 20.9 Å². The van der Waals surface area contributed by atoms with Crippen LogP contribution in [0.2, 0.25) is 0 Å². The molecule has 1 aromatic carbocycles. The van der Waals surface area contributed by atoms with Crippen LogP contribution in [0.3, 0.4) is 0 Å². The number of ether oxygens (including phenoxy) is 3. The number of anilines is 1. The molecule has 0 aliphatic carbocycles. The zero-order chi connectivity index (χ0) is 36.3. The largest absolute Gasteiger partial charge is 0.456 e. The van der Waals surface area contributed by atoms with Crippen LogP contribution in [0.1, 0.15) is 65.0 Å². The van der Waals surface area contributed by atoms with E-state index in [4.69, 9.17) is 14.2 Å². The van der Waals surface area contributed by atoms with Gasteiger partial charge in [-0.3, -0.25) is 43.3 Å². The fourth-order valence-corrected chi connectivity index (χ4v) is 4.82. The summed E-state index contributed by atoms with van der Waals surface area (Å²) in [6, 6.07) is 5.64. The van der Waals surface area contributed by atoms with Gasteiger partial charge in [0.25, 0.3) is 0 Å². The first-order valence-corrected chi connectivity index (χ1v) is 16.2. The van der Waals surface area contributed by atoms with Gasteiger partial charge in [0.2, 0.25) is 35.9 Å². The number of rotatable bonds is 23. The van der Waals surface area contributed by atoms with Gasteiger partial charge in [0.15, 0.2) is 5.78 Å². The van der Waals surface area contributed by atoms with E-state index in [1.54, 1.807) is 45.0 Å². The summed E-state index contributed by atoms with van der Waals surface area (Å²) in [6.07, 6.45) is -0.130. The minimum Gasteiger partial charge on any atom is -0.456 e. The Kier molecular flexibility index (Phi) is 17.6. The van der Waals surface area contributed by atoms with Crippen LogP contribution in [0, 0.1) is 11.8 Å². The molecule has 1 fully saturated rings. The third-order valence-corrected chi connectivity index (χ3v) is 7.41. The molecule has 4 N–H and O–H groups in total. The van der Waals surface area contributed by atoms with Gasteiger partial charge in [-0.15, -0.1) is 0 Å². The van der Waals surface area contributed by atoms with Crippen LogP contribution >= 0.6 is 0 Å². The number of nitrogens with zero attached hydrogens (tertiary/aromatic N) is 1. The highest BCUT2D eigenvalue weighted by atomic mass is 16.5. The number of amides is 6. The molecule has 2 rings (SSSR count). The van der Waals surface area contributed by atoms with Gasteiger partial charge in [0, 0.05) is 56.8 Å². The third kappa shape index (κ3) is 14.9. The Morgan fingerprint density at radius 3 is 2.22 bits per heavy atom. The summed E-state index contributed by atoms with van der Waals surface area (Å²) in [4.78, 5) is 97.0. The number of carbonyl (C=O) groups is 8. The van der Waals surface area contributed by atoms with Crippen molar-refractivity contribution in [3.8, 4) is 0 Å². The molecule has 0 aromatic heterocycles. The number of hydrogen-bond donors (Lipinski definition) is 4. The number of likely N-dealkylation sites (tertiary alicyclic amines) is 1. The average molecular weight is 690 g/mol. The predicted molar refractivity (Wildman–Crippen MR) is 174 cm³/mol. The minimum atomic E-state index is -0.922. The summed E-state index contributed by atoms with van der Waals surface area (Å²) in [6.45, 7) is 6.57. The molecule has 0 spiro atoms. The zero-order valence-corrected chi connectivity index (χ0v) is 28.4. The lowest BCUT2D eigenvalue weighted by atomic mass is 9.97. The van der Waals surface area contributed by atoms with Gasteiger partial charge in [-0.05, 0) is 24.1 Å². The second kappa shape index (κ2) is 21.3. The van der Waals surface area contributed by atoms with Crippen molar-refractivity contribution in [2.45, 2.75) is 65.5 Å². The number of ketones is 1. The Labute approximate surface area is 285 Å². The molecule has 1 aliphatic rings. The average Bonchev–Trinajstić information content (AvgIpc) is 3.30. The quantitative estimate of drug-likeness (QED) is 0.0534. The van der Waals surface area contributed by atoms with Crippen LogP contribution in [-0.2, 0) is 52.6 Å². The van der Waals surface area contributed by atoms with Crippen LogP contribution in [0.15, 0.2) is 24.3 Å². The highest BCUT2D eigenvalue weighted by Crippen LogP contribution is 2.20. The normalized spacial score (nSPS) is 15.4. The molecule has 16 heteroatoms. The molecule has 0 bridgehead atoms. The second-order valence-corrected chi connectivity index (χ2v) is 11.8. The van der Waals surface area contributed by atoms with E-state index in [1.807, 2.05) is 0 Å². The lowest BCUT2D eigenvalue weighted by Gasteiger charge is -2.21. The Bertz CT molecular complexity index is 1320. The van der Waals surface area contributed by atoms with Gasteiger partial charge in [-0.1, -0.05) is 32.9 Å². The number of benzene rings is 1. The zero-order valence-electron chi connectivity index (χ0n) is 28.4. The number of Topliss-reactive ketones (excluding diaryl/α,β-unsaturated/α-hetero) is 1. The molecule has 49 heavy (non-hydrogen) atoms. The third-order valence-electron chi connectivity index (χ3n) is 7.41. The van der Waals surface area contributed by atoms with Crippen molar-refractivity contribution in [2.75, 3.05) is 51.4 Å². The molecule has 1 saturated heterocycles. The molecule has 1 heterocycles. The highest BCUT2D eigenvalue weighted by Gasteiger charge is 2.35. The van der Waals surface area contributed by atoms with Crippen molar-refractivity contribution in [2.24, 2.45) is 11.8 Å². The Morgan fingerprint density at radius 1 is 0.939 bits per heavy atom. The summed E-state index contributed by atoms with van der Waals surface area (Å²) in [5.74, 6) is -3.36. The lowest BCUT2D eigenvalue weighted by molar-refractivity contribution is -0.147. The molecule has 1 aromatic rings. The van der Waals surface area contributed by atoms with Crippen molar-refractivity contribution in [1.29, 1.82) is 0 Å². The summed E-state index contributed by atoms with van der Waals surface area (Å²) in [5.41, 5.74) is 1.14. The van der Waals surface area contributed by atoms with Crippen LogP contribution in [0.5, 0.6) is 0 Å². The lowest BCUT2D eigenvalue weighted by Crippen LogP contribution is -2.45. The molecule has 3 unspecified atom stereocenters. The monoisotopic (exact) mass is 689 g/mol. The van der Waals surface area contributed by atoms with Gasteiger partial charge >= 0.3 is 5.97 Å². The van der Waals surface area contributed by atoms with Crippen LogP contribution in [0.25, 0.3) is 0 Å². The molecule has 0 saturated carbocycles. The summed E-state index contributed by atoms with van der Waals surface area (Å²) >= 11 is 0. The van der Waals surface area contributed by atoms with Crippen molar-refractivity contribution >= 4 is 53.4 Å². The molecule has 0 radical (unpaired) electrons. The van der Waals surface area contributed by atoms with Gasteiger partial charge < -0.3 is 35.5 Å². The first-order chi connectivity index (χ1) is 23.3. The smallest absolute Gasteiger partial charge is 0.303 e. The van der Waals surface area contributed by atoms with E-state index in [0.29, 0.717) is 17.7 Å². The first kappa shape index (κ1) is 40.5. The van der Waals surface area contributed by atoms with E-state index in [9.17, 15) is 38.4 Å². The second-order valence-electron chi connectivity index (χ2n) is 11.8. The molecule has 270 valence electrons. The Hall–Kier alpha value is -4.70. The molecule has 16 nitrogen and oxygen atoms in total. The molecule has 6 amide bonds. The van der Waals surface area contributed by atoms with E-state index in [1.165, 1.54) is 6.92 Å². The maximum Gasteiger partial charge on any atom is 0.303 e. The predicted octanol–water partition coefficient (Wildman–Crippen LogP) is 0.400. The SMILES string of the molecule is CC(=O)OC(CNC(=O)CCC(NC(=O)COCCOCCNC(=O)CCN1C(=O)CC(C)C1=O)C(=O)C(C)C)c1ccc(NC=O)cc1. The van der Waals surface area contributed by atoms with Gasteiger partial charge in [-0.25, -0.2) is 0 Å². The highest BCUT2D eigenvalue weighted by molar-refractivity contribution is 6.03. The number of carbonyl (C=O) groups excluding carboxylic acids is 8. The molecule has 1 aliphatic heterocycles. The van der Waals surface area contributed by atoms with Gasteiger partial charge in [-0.2, -0.15) is 0 Å². The number of nitrogens with one attached hydrogen (secondary N) is 4. The van der Waals surface area contributed by atoms with Crippen molar-refractivity contribution < 1.29 is 52.6 Å². The van der Waals surface area contributed by atoms with E-state index in [2.05, 4.69) is 21.3 Å². The van der Waals surface area contributed by atoms with E-state index in [-0.39, 0.29) is 101 Å². The van der Waals surface area contributed by atoms with E-state index < -0.39 is 35.8 Å². The first-order valence-electron chi connectivity index (χ1n) is 16.2. The van der Waals surface area contributed by atoms with Crippen LogP contribution < -0.4 is 21.3 Å². The van der Waals surface area contributed by atoms with Gasteiger partial charge in [0.1, 0.15) is 12.7 Å². The Morgan fingerprint density at radius 2 is 1.61 bits per heavy atom. The van der Waals surface area contributed by atoms with Crippen LogP contribution in [-0.4, -0.2) is 105 Å².